The number of hydrogen-bond acceptors (Lipinski definition) is 5. The van der Waals surface area contributed by atoms with Gasteiger partial charge in [-0.05, 0) is 6.42 Å². The molecule has 0 radical (unpaired) electrons. The van der Waals surface area contributed by atoms with Crippen LogP contribution >= 0.6 is 7.82 Å². The quantitative estimate of drug-likeness (QED) is 0.167. The summed E-state index contributed by atoms with van der Waals surface area (Å²) < 4.78 is 14.5. The van der Waals surface area contributed by atoms with Crippen molar-refractivity contribution in [3.8, 4) is 0 Å². The third-order valence-corrected chi connectivity index (χ3v) is 4.98. The van der Waals surface area contributed by atoms with Crippen LogP contribution in [-0.2, 0) is 18.7 Å². The zero-order chi connectivity index (χ0) is 20.5. The van der Waals surface area contributed by atoms with Crippen molar-refractivity contribution in [3.63, 3.8) is 0 Å². The molecule has 0 aromatic carbocycles. The Morgan fingerprint density at radius 2 is 1.19 bits per heavy atom. The van der Waals surface area contributed by atoms with Gasteiger partial charge in [0, 0.05) is 6.42 Å². The number of carbonyl (C=O) groups is 2. The molecule has 0 fully saturated rings. The maximum Gasteiger partial charge on any atom is 0.470 e. The van der Waals surface area contributed by atoms with Crippen molar-refractivity contribution < 1.29 is 33.6 Å². The van der Waals surface area contributed by atoms with Crippen LogP contribution in [0.4, 0.5) is 0 Å². The Balaban J connectivity index is 3.52. The fraction of sp³-hybridized carbons (Fsp3) is 0.895. The van der Waals surface area contributed by atoms with Crippen molar-refractivity contribution in [1.29, 1.82) is 0 Å². The van der Waals surface area contributed by atoms with Crippen LogP contribution in [0.15, 0.2) is 0 Å². The number of hydrogen-bond donors (Lipinski definition) is 3. The maximum absolute atomic E-state index is 11.7. The molecule has 1 atom stereocenters. The Kier molecular flexibility index (Phi) is 16.0. The van der Waals surface area contributed by atoms with Crippen molar-refractivity contribution in [1.82, 2.24) is 0 Å². The average molecular weight is 408 g/mol. The largest absolute Gasteiger partial charge is 0.470 e. The highest BCUT2D eigenvalue weighted by atomic mass is 31.2. The molecule has 7 nitrogen and oxygen atoms in total. The van der Waals surface area contributed by atoms with Crippen molar-refractivity contribution in [2.24, 2.45) is 0 Å². The Labute approximate surface area is 163 Å². The number of unbranched alkanes of at least 4 members (excludes halogenated alkanes) is 12. The van der Waals surface area contributed by atoms with Gasteiger partial charge in [0.05, 0.1) is 0 Å². The van der Waals surface area contributed by atoms with Crippen LogP contribution in [0.25, 0.3) is 0 Å². The Hall–Kier alpha value is -0.590. The summed E-state index contributed by atoms with van der Waals surface area (Å²) in [5.74, 6) is -1.66. The minimum absolute atomic E-state index is 0.0839. The molecule has 0 aliphatic heterocycles. The van der Waals surface area contributed by atoms with Crippen LogP contribution in [0.2, 0.25) is 0 Å². The fourth-order valence-corrected chi connectivity index (χ4v) is 3.16. The van der Waals surface area contributed by atoms with E-state index in [0.29, 0.717) is 6.42 Å². The van der Waals surface area contributed by atoms with E-state index in [0.717, 1.165) is 19.3 Å². The Morgan fingerprint density at radius 1 is 0.778 bits per heavy atom. The molecule has 27 heavy (non-hydrogen) atoms. The summed E-state index contributed by atoms with van der Waals surface area (Å²) >= 11 is 0. The number of rotatable bonds is 19. The maximum atomic E-state index is 11.7. The second-order valence-corrected chi connectivity index (χ2v) is 8.33. The van der Waals surface area contributed by atoms with Gasteiger partial charge < -0.3 is 14.9 Å². The van der Waals surface area contributed by atoms with Crippen LogP contribution in [0.3, 0.4) is 0 Å². The molecule has 3 N–H and O–H groups in total. The van der Waals surface area contributed by atoms with Crippen molar-refractivity contribution in [3.05, 3.63) is 0 Å². The normalized spacial score (nSPS) is 12.9. The SMILES string of the molecule is CCCCCCCCCCCCCCCC(=O)C(O)C(=O)COP(=O)(O)O. The molecule has 0 amide bonds. The van der Waals surface area contributed by atoms with E-state index in [-0.39, 0.29) is 6.42 Å². The summed E-state index contributed by atoms with van der Waals surface area (Å²) in [4.78, 5) is 40.1. The van der Waals surface area contributed by atoms with Crippen molar-refractivity contribution >= 4 is 19.4 Å². The molecule has 0 aliphatic rings. The second kappa shape index (κ2) is 16.4. The first-order valence-corrected chi connectivity index (χ1v) is 11.7. The highest BCUT2D eigenvalue weighted by Gasteiger charge is 2.25. The molecule has 0 saturated heterocycles. The number of ketones is 2. The lowest BCUT2D eigenvalue weighted by molar-refractivity contribution is -0.140. The smallest absolute Gasteiger partial charge is 0.377 e. The molecule has 1 unspecified atom stereocenters. The molecule has 8 heteroatoms. The van der Waals surface area contributed by atoms with Gasteiger partial charge >= 0.3 is 7.82 Å². The predicted octanol–water partition coefficient (Wildman–Crippen LogP) is 4.08. The zero-order valence-corrected chi connectivity index (χ0v) is 17.5. The number of aliphatic hydroxyl groups is 1. The van der Waals surface area contributed by atoms with Crippen molar-refractivity contribution in [2.45, 2.75) is 103 Å². The summed E-state index contributed by atoms with van der Waals surface area (Å²) in [6, 6.07) is 0. The predicted molar refractivity (Wildman–Crippen MR) is 104 cm³/mol. The summed E-state index contributed by atoms with van der Waals surface area (Å²) in [6.45, 7) is 1.25. The highest BCUT2D eigenvalue weighted by molar-refractivity contribution is 7.46. The third kappa shape index (κ3) is 17.3. The van der Waals surface area contributed by atoms with Gasteiger partial charge in [-0.25, -0.2) is 4.57 Å². The molecule has 0 spiro atoms. The van der Waals surface area contributed by atoms with Gasteiger partial charge in [0.1, 0.15) is 6.61 Å². The van der Waals surface area contributed by atoms with E-state index >= 15 is 0 Å². The van der Waals surface area contributed by atoms with Crippen LogP contribution < -0.4 is 0 Å². The lowest BCUT2D eigenvalue weighted by Gasteiger charge is -2.09. The van der Waals surface area contributed by atoms with Gasteiger partial charge in [-0.2, -0.15) is 0 Å². The fourth-order valence-electron chi connectivity index (χ4n) is 2.86. The van der Waals surface area contributed by atoms with E-state index < -0.39 is 32.1 Å². The van der Waals surface area contributed by atoms with Crippen LogP contribution in [-0.4, -0.2) is 39.2 Å². The molecule has 0 bridgehead atoms. The summed E-state index contributed by atoms with van der Waals surface area (Å²) in [5, 5.41) is 9.54. The van der Waals surface area contributed by atoms with E-state index in [1.54, 1.807) is 0 Å². The first kappa shape index (κ1) is 26.4. The summed E-state index contributed by atoms with van der Waals surface area (Å²) in [6.07, 6.45) is 13.5. The minimum Gasteiger partial charge on any atom is -0.377 e. The molecular weight excluding hydrogens is 371 g/mol. The van der Waals surface area contributed by atoms with Gasteiger partial charge in [-0.3, -0.25) is 14.1 Å². The number of carbonyl (C=O) groups excluding carboxylic acids is 2. The van der Waals surface area contributed by atoms with E-state index in [1.807, 2.05) is 0 Å². The number of aliphatic hydroxyl groups excluding tert-OH is 1. The molecule has 160 valence electrons. The Morgan fingerprint density at radius 3 is 1.59 bits per heavy atom. The molecule has 0 aromatic rings. The van der Waals surface area contributed by atoms with E-state index in [4.69, 9.17) is 9.79 Å². The molecule has 0 aliphatic carbocycles. The Bertz CT molecular complexity index is 447. The van der Waals surface area contributed by atoms with Crippen molar-refractivity contribution in [2.75, 3.05) is 6.61 Å². The molecule has 0 saturated carbocycles. The van der Waals surface area contributed by atoms with Gasteiger partial charge in [0.15, 0.2) is 17.7 Å². The van der Waals surface area contributed by atoms with Gasteiger partial charge in [-0.1, -0.05) is 84.0 Å². The van der Waals surface area contributed by atoms with Gasteiger partial charge in [-0.15, -0.1) is 0 Å². The molecule has 0 heterocycles. The average Bonchev–Trinajstić information content (AvgIpc) is 2.62. The lowest BCUT2D eigenvalue weighted by Crippen LogP contribution is -2.32. The third-order valence-electron chi connectivity index (χ3n) is 4.51. The molecule has 0 rings (SSSR count). The number of phosphoric ester groups is 1. The number of Topliss-reactive ketones (excluding diaryl/α,β-unsaturated/α-hetero) is 2. The van der Waals surface area contributed by atoms with E-state index in [1.165, 1.54) is 57.8 Å². The molecular formula is C19H37O7P. The zero-order valence-electron chi connectivity index (χ0n) is 16.6. The first-order chi connectivity index (χ1) is 12.8. The second-order valence-electron chi connectivity index (χ2n) is 7.09. The van der Waals surface area contributed by atoms with Crippen LogP contribution in [0.5, 0.6) is 0 Å². The lowest BCUT2D eigenvalue weighted by atomic mass is 10.0. The summed E-state index contributed by atoms with van der Waals surface area (Å²) in [5.41, 5.74) is 0. The first-order valence-electron chi connectivity index (χ1n) is 10.2. The van der Waals surface area contributed by atoms with E-state index in [9.17, 15) is 19.3 Å². The van der Waals surface area contributed by atoms with Crippen LogP contribution in [0, 0.1) is 0 Å². The number of phosphoric acid groups is 1. The minimum atomic E-state index is -4.78. The van der Waals surface area contributed by atoms with Gasteiger partial charge in [0.2, 0.25) is 0 Å². The monoisotopic (exact) mass is 408 g/mol. The van der Waals surface area contributed by atoms with Gasteiger partial charge in [0.25, 0.3) is 0 Å². The van der Waals surface area contributed by atoms with E-state index in [2.05, 4.69) is 11.4 Å². The summed E-state index contributed by atoms with van der Waals surface area (Å²) in [7, 11) is -4.78. The standard InChI is InChI=1S/C19H37O7P/c1-2-3-4-5-6-7-8-9-10-11-12-13-14-15-17(20)19(22)18(21)16-26-27(23,24)25/h19,22H,2-16H2,1H3,(H2,23,24,25). The highest BCUT2D eigenvalue weighted by Crippen LogP contribution is 2.35. The molecule has 0 aromatic heterocycles. The topological polar surface area (TPSA) is 121 Å². The van der Waals surface area contributed by atoms with Crippen LogP contribution in [0.1, 0.15) is 96.8 Å².